The van der Waals surface area contributed by atoms with Crippen LogP contribution in [-0.2, 0) is 4.74 Å². The van der Waals surface area contributed by atoms with Gasteiger partial charge in [0.1, 0.15) is 12.1 Å². The average Bonchev–Trinajstić information content (AvgIpc) is 1.83. The summed E-state index contributed by atoms with van der Waals surface area (Å²) >= 11 is 0. The van der Waals surface area contributed by atoms with Crippen LogP contribution < -0.4 is 0 Å². The van der Waals surface area contributed by atoms with Crippen molar-refractivity contribution in [3.05, 3.63) is 12.3 Å². The largest absolute Gasteiger partial charge is 0.469 e. The van der Waals surface area contributed by atoms with Crippen molar-refractivity contribution < 1.29 is 4.74 Å². The summed E-state index contributed by atoms with van der Waals surface area (Å²) in [7, 11) is 0. The van der Waals surface area contributed by atoms with Gasteiger partial charge in [-0.3, -0.25) is 0 Å². The molecule has 8 heavy (non-hydrogen) atoms. The highest BCUT2D eigenvalue weighted by Crippen LogP contribution is 1.86. The Morgan fingerprint density at radius 2 is 2.25 bits per heavy atom. The highest BCUT2D eigenvalue weighted by Gasteiger charge is 1.85. The van der Waals surface area contributed by atoms with E-state index in [1.54, 1.807) is 12.1 Å². The molecule has 0 bridgehead atoms. The predicted octanol–water partition coefficient (Wildman–Crippen LogP) is 0.564. The Balaban J connectivity index is 3.33. The summed E-state index contributed by atoms with van der Waals surface area (Å²) in [6.07, 6.45) is 0. The summed E-state index contributed by atoms with van der Waals surface area (Å²) in [5.74, 6) is -0.0217. The van der Waals surface area contributed by atoms with Crippen LogP contribution in [0.4, 0.5) is 0 Å². The van der Waals surface area contributed by atoms with Crippen molar-refractivity contribution in [2.45, 2.75) is 0 Å². The molecular weight excluding hydrogens is 104 g/mol. The Morgan fingerprint density at radius 3 is 2.62 bits per heavy atom. The normalized spacial score (nSPS) is 6.25. The minimum Gasteiger partial charge on any atom is -0.469 e. The summed E-state index contributed by atoms with van der Waals surface area (Å²) in [4.78, 5) is 0. The maximum Gasteiger partial charge on any atom is 0.191 e. The lowest BCUT2D eigenvalue weighted by molar-refractivity contribution is 0.271. The molecule has 0 heterocycles. The molecule has 0 aliphatic carbocycles. The zero-order chi connectivity index (χ0) is 6.41. The van der Waals surface area contributed by atoms with Gasteiger partial charge in [-0.15, -0.1) is 0 Å². The number of hydrogen-bond donors (Lipinski definition) is 0. The maximum absolute atomic E-state index is 7.98. The van der Waals surface area contributed by atoms with E-state index in [9.17, 15) is 0 Å². The molecule has 0 aliphatic rings. The van der Waals surface area contributed by atoms with E-state index < -0.39 is 0 Å². The molecule has 0 aromatic rings. The molecule has 0 spiro atoms. The lowest BCUT2D eigenvalue weighted by atomic mass is 10.6. The van der Waals surface area contributed by atoms with Crippen LogP contribution in [0.25, 0.3) is 0 Å². The molecule has 0 unspecified atom stereocenters. The van der Waals surface area contributed by atoms with Gasteiger partial charge in [0, 0.05) is 0 Å². The monoisotopic (exact) mass is 108 g/mol. The van der Waals surface area contributed by atoms with Crippen LogP contribution in [0.5, 0.6) is 0 Å². The molecule has 0 amide bonds. The molecule has 3 nitrogen and oxygen atoms in total. The molecular formula is C5H4N2O. The van der Waals surface area contributed by atoms with Crippen LogP contribution in [0.15, 0.2) is 12.3 Å². The van der Waals surface area contributed by atoms with Gasteiger partial charge in [0.2, 0.25) is 0 Å². The van der Waals surface area contributed by atoms with Gasteiger partial charge in [-0.1, -0.05) is 0 Å². The Bertz CT molecular complexity index is 160. The fraction of sp³-hybridized carbons (Fsp3) is 0.200. The molecule has 0 saturated carbocycles. The molecule has 0 saturated heterocycles. The van der Waals surface area contributed by atoms with Crippen molar-refractivity contribution in [3.8, 4) is 12.1 Å². The second-order valence-electron chi connectivity index (χ2n) is 0.982. The minimum absolute atomic E-state index is 0.0217. The van der Waals surface area contributed by atoms with Crippen LogP contribution in [0, 0.1) is 22.7 Å². The number of ether oxygens (including phenoxy) is 1. The molecule has 0 rings (SSSR count). The lowest BCUT2D eigenvalue weighted by Crippen LogP contribution is -1.86. The van der Waals surface area contributed by atoms with Gasteiger partial charge >= 0.3 is 0 Å². The van der Waals surface area contributed by atoms with Gasteiger partial charge in [0.15, 0.2) is 12.4 Å². The molecule has 0 N–H and O–H groups in total. The fourth-order valence-corrected chi connectivity index (χ4v) is 0.152. The molecule has 40 valence electrons. The van der Waals surface area contributed by atoms with E-state index >= 15 is 0 Å². The number of rotatable bonds is 2. The summed E-state index contributed by atoms with van der Waals surface area (Å²) in [6.45, 7) is 3.07. The summed E-state index contributed by atoms with van der Waals surface area (Å²) in [5, 5.41) is 15.9. The minimum atomic E-state index is -0.105. The van der Waals surface area contributed by atoms with E-state index in [2.05, 4.69) is 11.3 Å². The second-order valence-corrected chi connectivity index (χ2v) is 0.982. The first kappa shape index (κ1) is 6.52. The van der Waals surface area contributed by atoms with Crippen molar-refractivity contribution in [2.24, 2.45) is 0 Å². The topological polar surface area (TPSA) is 56.8 Å². The first-order valence-electron chi connectivity index (χ1n) is 1.90. The van der Waals surface area contributed by atoms with Gasteiger partial charge in [-0.2, -0.15) is 10.5 Å². The highest BCUT2D eigenvalue weighted by atomic mass is 16.5. The van der Waals surface area contributed by atoms with Crippen LogP contribution >= 0.6 is 0 Å². The molecule has 0 aromatic carbocycles. The second kappa shape index (κ2) is 3.70. The quantitative estimate of drug-likeness (QED) is 0.383. The zero-order valence-electron chi connectivity index (χ0n) is 4.22. The van der Waals surface area contributed by atoms with E-state index in [1.807, 2.05) is 0 Å². The highest BCUT2D eigenvalue weighted by molar-refractivity contribution is 5.07. The van der Waals surface area contributed by atoms with E-state index in [-0.39, 0.29) is 12.4 Å². The van der Waals surface area contributed by atoms with Crippen LogP contribution in [0.3, 0.4) is 0 Å². The molecule has 0 fully saturated rings. The van der Waals surface area contributed by atoms with E-state index in [0.717, 1.165) is 0 Å². The first-order valence-corrected chi connectivity index (χ1v) is 1.90. The van der Waals surface area contributed by atoms with Gasteiger partial charge in [0.05, 0.1) is 0 Å². The standard InChI is InChI=1S/C5H4N2O/c1-5(4-7)8-3-2-6/h1,3H2. The summed E-state index contributed by atoms with van der Waals surface area (Å²) in [5.41, 5.74) is 0. The van der Waals surface area contributed by atoms with E-state index in [1.165, 1.54) is 0 Å². The Labute approximate surface area is 47.4 Å². The SMILES string of the molecule is C=C(C#N)OCC#N. The lowest BCUT2D eigenvalue weighted by Gasteiger charge is -1.90. The summed E-state index contributed by atoms with van der Waals surface area (Å²) < 4.78 is 4.42. The predicted molar refractivity (Wildman–Crippen MR) is 26.3 cm³/mol. The zero-order valence-corrected chi connectivity index (χ0v) is 4.22. The molecule has 0 aliphatic heterocycles. The number of nitriles is 2. The van der Waals surface area contributed by atoms with Crippen LogP contribution in [0.1, 0.15) is 0 Å². The molecule has 0 aromatic heterocycles. The van der Waals surface area contributed by atoms with Crippen molar-refractivity contribution in [1.29, 1.82) is 10.5 Å². The van der Waals surface area contributed by atoms with Crippen molar-refractivity contribution in [2.75, 3.05) is 6.61 Å². The molecule has 3 heteroatoms. The van der Waals surface area contributed by atoms with Gasteiger partial charge in [0.25, 0.3) is 0 Å². The van der Waals surface area contributed by atoms with E-state index in [0.29, 0.717) is 0 Å². The van der Waals surface area contributed by atoms with E-state index in [4.69, 9.17) is 10.5 Å². The van der Waals surface area contributed by atoms with Crippen molar-refractivity contribution in [3.63, 3.8) is 0 Å². The third-order valence-electron chi connectivity index (χ3n) is 0.436. The van der Waals surface area contributed by atoms with Crippen molar-refractivity contribution >= 4 is 0 Å². The Hall–Kier alpha value is -1.48. The van der Waals surface area contributed by atoms with Crippen LogP contribution in [-0.4, -0.2) is 6.61 Å². The summed E-state index contributed by atoms with van der Waals surface area (Å²) in [6, 6.07) is 3.33. The smallest absolute Gasteiger partial charge is 0.191 e. The average molecular weight is 108 g/mol. The van der Waals surface area contributed by atoms with Gasteiger partial charge < -0.3 is 4.74 Å². The third-order valence-corrected chi connectivity index (χ3v) is 0.436. The Kier molecular flexibility index (Phi) is 3.02. The maximum atomic E-state index is 7.98. The van der Waals surface area contributed by atoms with Gasteiger partial charge in [-0.05, 0) is 6.58 Å². The number of hydrogen-bond acceptors (Lipinski definition) is 3. The first-order chi connectivity index (χ1) is 3.81. The number of nitrogens with zero attached hydrogens (tertiary/aromatic N) is 2. The fourth-order valence-electron chi connectivity index (χ4n) is 0.152. The molecule has 0 atom stereocenters. The Morgan fingerprint density at radius 1 is 1.62 bits per heavy atom. The number of allylic oxidation sites excluding steroid dienone is 1. The molecule has 0 radical (unpaired) electrons. The van der Waals surface area contributed by atoms with Crippen molar-refractivity contribution in [1.82, 2.24) is 0 Å². The third kappa shape index (κ3) is 2.74. The van der Waals surface area contributed by atoms with Crippen LogP contribution in [0.2, 0.25) is 0 Å². The van der Waals surface area contributed by atoms with Gasteiger partial charge in [-0.25, -0.2) is 0 Å².